The Morgan fingerprint density at radius 2 is 2.40 bits per heavy atom. The predicted octanol–water partition coefficient (Wildman–Crippen LogP) is 1.73. The number of aromatic amines is 1. The summed E-state index contributed by atoms with van der Waals surface area (Å²) in [5, 5.41) is 6.82. The molecule has 1 atom stereocenters. The molecule has 1 aromatic heterocycles. The number of H-pyrrole nitrogens is 1. The van der Waals surface area contributed by atoms with Gasteiger partial charge in [0, 0.05) is 18.3 Å². The zero-order valence-corrected chi connectivity index (χ0v) is 9.29. The summed E-state index contributed by atoms with van der Waals surface area (Å²) in [5.74, 6) is 0.0616. The van der Waals surface area contributed by atoms with E-state index >= 15 is 0 Å². The van der Waals surface area contributed by atoms with Crippen LogP contribution in [-0.4, -0.2) is 33.6 Å². The molecule has 1 aliphatic heterocycles. The number of likely N-dealkylation sites (tertiary alicyclic amines) is 1. The van der Waals surface area contributed by atoms with Crippen molar-refractivity contribution in [2.75, 3.05) is 6.54 Å². The molecule has 15 heavy (non-hydrogen) atoms. The Hall–Kier alpha value is -1.32. The van der Waals surface area contributed by atoms with E-state index in [0.717, 1.165) is 25.1 Å². The van der Waals surface area contributed by atoms with Crippen molar-refractivity contribution in [2.45, 2.75) is 39.2 Å². The lowest BCUT2D eigenvalue weighted by Gasteiger charge is -2.32. The number of carbonyl (C=O) groups is 1. The minimum atomic E-state index is 0.0616. The maximum absolute atomic E-state index is 12.1. The van der Waals surface area contributed by atoms with Crippen molar-refractivity contribution < 1.29 is 4.79 Å². The summed E-state index contributed by atoms with van der Waals surface area (Å²) in [6.45, 7) is 4.88. The van der Waals surface area contributed by atoms with Crippen molar-refractivity contribution in [3.63, 3.8) is 0 Å². The predicted molar refractivity (Wildman–Crippen MR) is 57.7 cm³/mol. The van der Waals surface area contributed by atoms with Gasteiger partial charge in [0.2, 0.25) is 0 Å². The molecule has 0 aliphatic carbocycles. The number of nitrogens with one attached hydrogen (secondary N) is 1. The maximum Gasteiger partial charge on any atom is 0.274 e. The average Bonchev–Trinajstić information content (AvgIpc) is 2.65. The molecule has 0 spiro atoms. The third kappa shape index (κ3) is 2.03. The highest BCUT2D eigenvalue weighted by molar-refractivity contribution is 5.92. The first-order valence-corrected chi connectivity index (χ1v) is 5.51. The molecular weight excluding hydrogens is 190 g/mol. The summed E-state index contributed by atoms with van der Waals surface area (Å²) in [6, 6.07) is 2.16. The molecule has 4 nitrogen and oxygen atoms in total. The first-order chi connectivity index (χ1) is 7.18. The number of hydrogen-bond donors (Lipinski definition) is 1. The molecule has 0 radical (unpaired) electrons. The Labute approximate surface area is 89.7 Å². The molecule has 1 saturated heterocycles. The van der Waals surface area contributed by atoms with Crippen LogP contribution in [0, 0.1) is 6.92 Å². The van der Waals surface area contributed by atoms with E-state index in [1.54, 1.807) is 0 Å². The molecular formula is C11H17N3O. The fourth-order valence-electron chi connectivity index (χ4n) is 2.07. The van der Waals surface area contributed by atoms with Crippen molar-refractivity contribution in [1.82, 2.24) is 15.1 Å². The van der Waals surface area contributed by atoms with Crippen molar-refractivity contribution >= 4 is 5.91 Å². The Bertz CT molecular complexity index is 358. The zero-order valence-electron chi connectivity index (χ0n) is 9.29. The van der Waals surface area contributed by atoms with E-state index in [0.29, 0.717) is 11.7 Å². The number of aromatic nitrogens is 2. The van der Waals surface area contributed by atoms with E-state index in [4.69, 9.17) is 0 Å². The summed E-state index contributed by atoms with van der Waals surface area (Å²) in [5.41, 5.74) is 1.48. The van der Waals surface area contributed by atoms with E-state index in [2.05, 4.69) is 17.1 Å². The molecule has 1 unspecified atom stereocenters. The largest absolute Gasteiger partial charge is 0.335 e. The number of nitrogens with zero attached hydrogens (tertiary/aromatic N) is 2. The van der Waals surface area contributed by atoms with Gasteiger partial charge in [-0.05, 0) is 39.2 Å². The molecule has 0 bridgehead atoms. The van der Waals surface area contributed by atoms with E-state index < -0.39 is 0 Å². The van der Waals surface area contributed by atoms with E-state index in [-0.39, 0.29) is 5.91 Å². The minimum Gasteiger partial charge on any atom is -0.335 e. The second kappa shape index (κ2) is 4.04. The maximum atomic E-state index is 12.1. The van der Waals surface area contributed by atoms with Gasteiger partial charge in [0.1, 0.15) is 5.69 Å². The normalized spacial score (nSPS) is 21.7. The second-order valence-electron chi connectivity index (χ2n) is 4.28. The summed E-state index contributed by atoms with van der Waals surface area (Å²) in [4.78, 5) is 14.0. The topological polar surface area (TPSA) is 49.0 Å². The van der Waals surface area contributed by atoms with E-state index in [1.165, 1.54) is 6.42 Å². The molecule has 2 heterocycles. The Kier molecular flexibility index (Phi) is 2.75. The Morgan fingerprint density at radius 3 is 3.00 bits per heavy atom. The van der Waals surface area contributed by atoms with Crippen LogP contribution in [0.25, 0.3) is 0 Å². The lowest BCUT2D eigenvalue weighted by atomic mass is 10.0. The van der Waals surface area contributed by atoms with Crippen LogP contribution in [0.3, 0.4) is 0 Å². The Balaban J connectivity index is 2.13. The van der Waals surface area contributed by atoms with Gasteiger partial charge in [-0.2, -0.15) is 5.10 Å². The molecule has 1 fully saturated rings. The third-order valence-electron chi connectivity index (χ3n) is 2.99. The molecule has 1 amide bonds. The number of piperidine rings is 1. The molecule has 0 saturated carbocycles. The molecule has 4 heteroatoms. The lowest BCUT2D eigenvalue weighted by Crippen LogP contribution is -2.42. The van der Waals surface area contributed by atoms with E-state index in [9.17, 15) is 4.79 Å². The van der Waals surface area contributed by atoms with Gasteiger partial charge < -0.3 is 4.90 Å². The van der Waals surface area contributed by atoms with Crippen LogP contribution in [0.1, 0.15) is 42.4 Å². The molecule has 1 N–H and O–H groups in total. The number of carbonyl (C=O) groups excluding carboxylic acids is 1. The molecule has 0 aromatic carbocycles. The summed E-state index contributed by atoms with van der Waals surface area (Å²) in [6.07, 6.45) is 3.44. The molecule has 1 aromatic rings. The van der Waals surface area contributed by atoms with Gasteiger partial charge >= 0.3 is 0 Å². The molecule has 2 rings (SSSR count). The number of amides is 1. The monoisotopic (exact) mass is 207 g/mol. The SMILES string of the molecule is Cc1cc(C(=O)N2CCCCC2C)n[nH]1. The lowest BCUT2D eigenvalue weighted by molar-refractivity contribution is 0.0629. The highest BCUT2D eigenvalue weighted by Gasteiger charge is 2.25. The van der Waals surface area contributed by atoms with Crippen LogP contribution in [0.4, 0.5) is 0 Å². The second-order valence-corrected chi connectivity index (χ2v) is 4.28. The summed E-state index contributed by atoms with van der Waals surface area (Å²) < 4.78 is 0. The fourth-order valence-corrected chi connectivity index (χ4v) is 2.07. The van der Waals surface area contributed by atoms with Gasteiger partial charge in [0.15, 0.2) is 0 Å². The number of aryl methyl sites for hydroxylation is 1. The van der Waals surface area contributed by atoms with Gasteiger partial charge in [0.05, 0.1) is 0 Å². The first kappa shape index (κ1) is 10.2. The first-order valence-electron chi connectivity index (χ1n) is 5.51. The number of hydrogen-bond acceptors (Lipinski definition) is 2. The minimum absolute atomic E-state index is 0.0616. The van der Waals surface area contributed by atoms with Crippen molar-refractivity contribution in [3.8, 4) is 0 Å². The number of rotatable bonds is 1. The fraction of sp³-hybridized carbons (Fsp3) is 0.636. The average molecular weight is 207 g/mol. The van der Waals surface area contributed by atoms with Crippen molar-refractivity contribution in [3.05, 3.63) is 17.5 Å². The quantitative estimate of drug-likeness (QED) is 0.762. The zero-order chi connectivity index (χ0) is 10.8. The standard InChI is InChI=1S/C11H17N3O/c1-8-7-10(13-12-8)11(15)14-6-4-3-5-9(14)2/h7,9H,3-6H2,1-2H3,(H,12,13). The van der Waals surface area contributed by atoms with Crippen LogP contribution in [0.5, 0.6) is 0 Å². The summed E-state index contributed by atoms with van der Waals surface area (Å²) >= 11 is 0. The van der Waals surface area contributed by atoms with Crippen LogP contribution in [0.2, 0.25) is 0 Å². The van der Waals surface area contributed by atoms with Gasteiger partial charge in [-0.1, -0.05) is 0 Å². The van der Waals surface area contributed by atoms with Gasteiger partial charge in [-0.3, -0.25) is 9.89 Å². The Morgan fingerprint density at radius 1 is 1.60 bits per heavy atom. The highest BCUT2D eigenvalue weighted by atomic mass is 16.2. The summed E-state index contributed by atoms with van der Waals surface area (Å²) in [7, 11) is 0. The third-order valence-corrected chi connectivity index (χ3v) is 2.99. The van der Waals surface area contributed by atoms with Crippen LogP contribution < -0.4 is 0 Å². The highest BCUT2D eigenvalue weighted by Crippen LogP contribution is 2.18. The molecule has 1 aliphatic rings. The van der Waals surface area contributed by atoms with Crippen LogP contribution >= 0.6 is 0 Å². The van der Waals surface area contributed by atoms with Gasteiger partial charge in [-0.25, -0.2) is 0 Å². The smallest absolute Gasteiger partial charge is 0.274 e. The van der Waals surface area contributed by atoms with Crippen LogP contribution in [-0.2, 0) is 0 Å². The van der Waals surface area contributed by atoms with Crippen LogP contribution in [0.15, 0.2) is 6.07 Å². The van der Waals surface area contributed by atoms with E-state index in [1.807, 2.05) is 17.9 Å². The van der Waals surface area contributed by atoms with Crippen molar-refractivity contribution in [1.29, 1.82) is 0 Å². The van der Waals surface area contributed by atoms with Gasteiger partial charge in [-0.15, -0.1) is 0 Å². The van der Waals surface area contributed by atoms with Gasteiger partial charge in [0.25, 0.3) is 5.91 Å². The molecule has 82 valence electrons. The van der Waals surface area contributed by atoms with Crippen molar-refractivity contribution in [2.24, 2.45) is 0 Å².